The maximum Gasteiger partial charge on any atom is 0.325 e. The lowest BCUT2D eigenvalue weighted by molar-refractivity contribution is -0.139. The fourth-order valence-corrected chi connectivity index (χ4v) is 5.27. The molecule has 0 aromatic heterocycles. The summed E-state index contributed by atoms with van der Waals surface area (Å²) in [5.41, 5.74) is 1.40. The molecule has 0 heterocycles. The van der Waals surface area contributed by atoms with Crippen LogP contribution in [0, 0.1) is 17.8 Å². The van der Waals surface area contributed by atoms with Crippen LogP contribution in [-0.2, 0) is 4.79 Å². The van der Waals surface area contributed by atoms with Gasteiger partial charge in [-0.05, 0) is 66.8 Å². The van der Waals surface area contributed by atoms with Crippen molar-refractivity contribution >= 4 is 23.5 Å². The van der Waals surface area contributed by atoms with Crippen molar-refractivity contribution < 1.29 is 14.7 Å². The van der Waals surface area contributed by atoms with Crippen LogP contribution in [0.2, 0.25) is 5.02 Å². The van der Waals surface area contributed by atoms with Gasteiger partial charge in [-0.15, -0.1) is 0 Å². The Morgan fingerprint density at radius 1 is 1.07 bits per heavy atom. The van der Waals surface area contributed by atoms with Gasteiger partial charge < -0.3 is 10.4 Å². The highest BCUT2D eigenvalue weighted by atomic mass is 35.5. The number of carboxylic acid groups (broad SMARTS) is 1. The van der Waals surface area contributed by atoms with Crippen LogP contribution in [0.3, 0.4) is 0 Å². The Morgan fingerprint density at radius 2 is 1.70 bits per heavy atom. The normalized spacial score (nSPS) is 26.5. The van der Waals surface area contributed by atoms with Crippen molar-refractivity contribution in [3.8, 4) is 0 Å². The Kier molecular flexibility index (Phi) is 6.11. The Bertz CT molecular complexity index is 890. The molecule has 4 rings (SSSR count). The van der Waals surface area contributed by atoms with Crippen molar-refractivity contribution in [2.45, 2.75) is 44.3 Å². The van der Waals surface area contributed by atoms with Crippen LogP contribution in [0.5, 0.6) is 0 Å². The van der Waals surface area contributed by atoms with E-state index in [4.69, 9.17) is 11.6 Å². The van der Waals surface area contributed by atoms with Crippen molar-refractivity contribution in [1.29, 1.82) is 0 Å². The Hall–Kier alpha value is -2.37. The number of fused-ring (bicyclic) bond motifs is 1. The van der Waals surface area contributed by atoms with E-state index in [2.05, 4.69) is 17.6 Å². The van der Waals surface area contributed by atoms with Crippen LogP contribution >= 0.6 is 11.6 Å². The van der Waals surface area contributed by atoms with Gasteiger partial charge in [0.25, 0.3) is 5.91 Å². The molecule has 1 amide bonds. The molecule has 2 aromatic carbocycles. The van der Waals surface area contributed by atoms with Crippen molar-refractivity contribution in [2.24, 2.45) is 17.8 Å². The van der Waals surface area contributed by atoms with Gasteiger partial charge in [-0.25, -0.2) is 0 Å². The lowest BCUT2D eigenvalue weighted by Crippen LogP contribution is -2.40. The molecule has 2 aliphatic carbocycles. The Labute approximate surface area is 181 Å². The van der Waals surface area contributed by atoms with Crippen molar-refractivity contribution in [3.63, 3.8) is 0 Å². The lowest BCUT2D eigenvalue weighted by atomic mass is 9.97. The average molecular weight is 427 g/mol. The quantitative estimate of drug-likeness (QED) is 0.588. The molecule has 3 N–H and O–H groups in total. The number of hydrogen-bond donors (Lipinski definition) is 3. The van der Waals surface area contributed by atoms with Crippen LogP contribution in [0.15, 0.2) is 54.6 Å². The third-order valence-electron chi connectivity index (χ3n) is 6.62. The Balaban J connectivity index is 1.33. The summed E-state index contributed by atoms with van der Waals surface area (Å²) in [5.74, 6) is 0.656. The lowest BCUT2D eigenvalue weighted by Gasteiger charge is -2.24. The smallest absolute Gasteiger partial charge is 0.325 e. The number of halogens is 1. The number of carbonyl (C=O) groups is 2. The first-order valence-electron chi connectivity index (χ1n) is 10.6. The number of rotatable bonds is 8. The third-order valence-corrected chi connectivity index (χ3v) is 6.87. The van der Waals surface area contributed by atoms with E-state index in [-0.39, 0.29) is 18.0 Å². The molecular formula is C24H27ClN2O3. The van der Waals surface area contributed by atoms with Crippen LogP contribution in [0.1, 0.15) is 48.1 Å². The summed E-state index contributed by atoms with van der Waals surface area (Å²) >= 11 is 5.91. The van der Waals surface area contributed by atoms with Gasteiger partial charge in [0.05, 0.1) is 0 Å². The summed E-state index contributed by atoms with van der Waals surface area (Å²) in [6.07, 6.45) is 2.80. The van der Waals surface area contributed by atoms with Crippen molar-refractivity contribution in [2.75, 3.05) is 0 Å². The summed E-state index contributed by atoms with van der Waals surface area (Å²) < 4.78 is 0. The number of aliphatic carboxylic acids is 1. The first kappa shape index (κ1) is 20.9. The van der Waals surface area contributed by atoms with Gasteiger partial charge in [-0.2, -0.15) is 0 Å². The molecule has 2 aliphatic rings. The largest absolute Gasteiger partial charge is 0.480 e. The highest BCUT2D eigenvalue weighted by molar-refractivity contribution is 6.30. The maximum atomic E-state index is 12.6. The number of carboxylic acids is 1. The molecule has 0 radical (unpaired) electrons. The molecule has 5 nitrogen and oxygen atoms in total. The molecule has 0 aliphatic heterocycles. The minimum Gasteiger partial charge on any atom is -0.480 e. The zero-order valence-corrected chi connectivity index (χ0v) is 17.7. The molecule has 2 fully saturated rings. The first-order chi connectivity index (χ1) is 14.5. The molecule has 158 valence electrons. The molecule has 2 aromatic rings. The summed E-state index contributed by atoms with van der Waals surface area (Å²) in [4.78, 5) is 24.3. The molecule has 0 spiro atoms. The molecule has 0 saturated heterocycles. The van der Waals surface area contributed by atoms with E-state index >= 15 is 0 Å². The average Bonchev–Trinajstić information content (AvgIpc) is 3.24. The van der Waals surface area contributed by atoms with Gasteiger partial charge in [0.15, 0.2) is 0 Å². The van der Waals surface area contributed by atoms with Gasteiger partial charge in [0.2, 0.25) is 0 Å². The van der Waals surface area contributed by atoms with Crippen molar-refractivity contribution in [1.82, 2.24) is 10.6 Å². The van der Waals surface area contributed by atoms with Crippen LogP contribution in [0.25, 0.3) is 0 Å². The van der Waals surface area contributed by atoms with E-state index in [1.807, 2.05) is 30.3 Å². The molecule has 6 heteroatoms. The SMILES string of the molecule is CCC(NC(=O)c1ccc(Cl)cc1)C1[C@H]2CC(NC(C(=O)O)c3ccccc3)C[C@@H]12. The summed E-state index contributed by atoms with van der Waals surface area (Å²) in [7, 11) is 0. The Morgan fingerprint density at radius 3 is 2.27 bits per heavy atom. The summed E-state index contributed by atoms with van der Waals surface area (Å²) in [6, 6.07) is 15.9. The fraction of sp³-hybridized carbons (Fsp3) is 0.417. The van der Waals surface area contributed by atoms with E-state index in [0.717, 1.165) is 24.8 Å². The number of hydrogen-bond acceptors (Lipinski definition) is 3. The summed E-state index contributed by atoms with van der Waals surface area (Å²) in [6.45, 7) is 2.10. The van der Waals surface area contributed by atoms with E-state index in [1.165, 1.54) is 0 Å². The summed E-state index contributed by atoms with van der Waals surface area (Å²) in [5, 5.41) is 16.8. The number of carbonyl (C=O) groups excluding carboxylic acids is 1. The first-order valence-corrected chi connectivity index (χ1v) is 11.0. The molecule has 6 atom stereocenters. The zero-order chi connectivity index (χ0) is 21.3. The predicted octanol–water partition coefficient (Wildman–Crippen LogP) is 4.29. The van der Waals surface area contributed by atoms with Gasteiger partial charge in [-0.1, -0.05) is 48.9 Å². The molecule has 4 unspecified atom stereocenters. The van der Waals surface area contributed by atoms with E-state index in [1.54, 1.807) is 24.3 Å². The third kappa shape index (κ3) is 4.37. The molecule has 30 heavy (non-hydrogen) atoms. The van der Waals surface area contributed by atoms with Gasteiger partial charge in [0.1, 0.15) is 6.04 Å². The van der Waals surface area contributed by atoms with Crippen LogP contribution in [0.4, 0.5) is 0 Å². The monoisotopic (exact) mass is 426 g/mol. The maximum absolute atomic E-state index is 12.6. The minimum atomic E-state index is -0.847. The number of amides is 1. The molecular weight excluding hydrogens is 400 g/mol. The van der Waals surface area contributed by atoms with E-state index in [9.17, 15) is 14.7 Å². The standard InChI is InChI=1S/C24H27ClN2O3/c1-2-20(27-23(28)15-8-10-16(25)11-9-15)21-18-12-17(13-19(18)21)26-22(24(29)30)14-6-4-3-5-7-14/h3-11,17-22,26H,2,12-13H2,1H3,(H,27,28)(H,29,30)/t17?,18-,19+,20?,21?,22?. The second-order valence-corrected chi connectivity index (χ2v) is 8.85. The van der Waals surface area contributed by atoms with Gasteiger partial charge in [0, 0.05) is 22.7 Å². The number of benzene rings is 2. The van der Waals surface area contributed by atoms with Gasteiger partial charge in [-0.3, -0.25) is 14.9 Å². The topological polar surface area (TPSA) is 78.4 Å². The highest BCUT2D eigenvalue weighted by Gasteiger charge is 2.58. The molecule has 0 bridgehead atoms. The predicted molar refractivity (Wildman–Crippen MR) is 116 cm³/mol. The van der Waals surface area contributed by atoms with E-state index in [0.29, 0.717) is 28.3 Å². The van der Waals surface area contributed by atoms with Gasteiger partial charge >= 0.3 is 5.97 Å². The minimum absolute atomic E-state index is 0.0619. The van der Waals surface area contributed by atoms with Crippen molar-refractivity contribution in [3.05, 3.63) is 70.7 Å². The fourth-order valence-electron chi connectivity index (χ4n) is 5.14. The second kappa shape index (κ2) is 8.78. The van der Waals surface area contributed by atoms with Crippen LogP contribution < -0.4 is 10.6 Å². The van der Waals surface area contributed by atoms with Crippen LogP contribution in [-0.4, -0.2) is 29.1 Å². The molecule has 2 saturated carbocycles. The number of nitrogens with one attached hydrogen (secondary N) is 2. The highest BCUT2D eigenvalue weighted by Crippen LogP contribution is 2.59. The van der Waals surface area contributed by atoms with E-state index < -0.39 is 12.0 Å². The second-order valence-electron chi connectivity index (χ2n) is 8.42. The zero-order valence-electron chi connectivity index (χ0n) is 16.9.